The number of unbranched alkanes of at least 4 members (excludes halogenated alkanes) is 2. The largest absolute Gasteiger partial charge is 0.491 e. The van der Waals surface area contributed by atoms with Crippen LogP contribution in [0.5, 0.6) is 11.5 Å². The molecule has 0 amide bonds. The van der Waals surface area contributed by atoms with Gasteiger partial charge in [-0.1, -0.05) is 328 Å². The first-order valence-electron chi connectivity index (χ1n) is 34.7. The molecule has 0 aliphatic heterocycles. The number of hydrogen-bond acceptors (Lipinski definition) is 12. The first-order valence-corrected chi connectivity index (χ1v) is 34.7. The third kappa shape index (κ3) is 203. The number of hydrogen-bond donors (Lipinski definition) is 1. The molecule has 0 spiro atoms. The van der Waals surface area contributed by atoms with Crippen LogP contribution >= 0.6 is 0 Å². The summed E-state index contributed by atoms with van der Waals surface area (Å²) in [6.45, 7) is 62.7. The minimum atomic E-state index is 0. The Morgan fingerprint density at radius 3 is 0.813 bits per heavy atom. The monoisotopic (exact) mass is 1570 g/mol. The van der Waals surface area contributed by atoms with Gasteiger partial charge in [0.15, 0.2) is 0 Å². The highest BCUT2D eigenvalue weighted by Gasteiger charge is 2.02. The van der Waals surface area contributed by atoms with E-state index in [-0.39, 0.29) is 155 Å². The van der Waals surface area contributed by atoms with E-state index in [4.69, 9.17) is 57.2 Å². The summed E-state index contributed by atoms with van der Waals surface area (Å²) in [6, 6.07) is 19.7. The van der Waals surface area contributed by atoms with Crippen molar-refractivity contribution in [2.45, 2.75) is 461 Å². The van der Waals surface area contributed by atoms with E-state index in [2.05, 4.69) is 166 Å². The normalized spacial score (nSPS) is 10.5. The van der Waals surface area contributed by atoms with Crippen LogP contribution < -0.4 is 9.47 Å². The third-order valence-corrected chi connectivity index (χ3v) is 13.1. The van der Waals surface area contributed by atoms with Crippen LogP contribution in [0, 0.1) is 17.8 Å². The molecule has 686 valence electrons. The van der Waals surface area contributed by atoms with Crippen LogP contribution in [0.25, 0.3) is 0 Å². The van der Waals surface area contributed by atoms with Crippen molar-refractivity contribution in [1.82, 2.24) is 0 Å². The van der Waals surface area contributed by atoms with Crippen molar-refractivity contribution >= 4 is 0 Å². The predicted molar refractivity (Wildman–Crippen MR) is 514 cm³/mol. The topological polar surface area (TPSA) is 122 Å². The van der Waals surface area contributed by atoms with Crippen LogP contribution in [0.2, 0.25) is 0 Å². The summed E-state index contributed by atoms with van der Waals surface area (Å²) in [5.74, 6) is 4.30. The molecular weight excluding hydrogens is 1330 g/mol. The summed E-state index contributed by atoms with van der Waals surface area (Å²) in [4.78, 5) is 0. The molecule has 2 rings (SSSR count). The molecule has 0 aliphatic rings. The fraction of sp³-hybridized carbons (Fsp3) is 0.874. The van der Waals surface area contributed by atoms with Crippen molar-refractivity contribution in [2.24, 2.45) is 17.8 Å². The molecular formula is C95H234O12. The van der Waals surface area contributed by atoms with E-state index in [1.54, 1.807) is 14.2 Å². The van der Waals surface area contributed by atoms with Crippen LogP contribution in [0.1, 0.15) is 412 Å². The van der Waals surface area contributed by atoms with Crippen molar-refractivity contribution in [3.8, 4) is 11.5 Å². The zero-order chi connectivity index (χ0) is 68.3. The summed E-state index contributed by atoms with van der Waals surface area (Å²) in [5.41, 5.74) is 0. The standard InChI is InChI=1S/C12H18O2.C10H14O.C9H20O.C8H18O2.C8H18O.C7H16O2.C6H14O2.C5H12O.2C5H12.20CH4/c1-3-11(2)13-9-10-14-12-7-5-4-6-8-12;1-3-9(2)11-10-7-5-4-6-8-10;1-4-6-7-8-10-9(3)5-2;1-4-8(3)10-7-6-9-5-2;1-5-8(4)9-6-7(2)3;1-4-7(2)9-6-5-8-3;1-3-6(2)8-5-4-7;1-4-5(2)6-3;2*1-4-5(2)3;;;;;;;;;;;;;;;;;;;;/h4-8,11H,3,9-10H2,1-2H3;4-9H,3H2,1-2H3;9H,4-8H2,1-3H3;8H,4-7H2,1-3H3;7-8H,5-6H2,1-4H3;7H,4-6H2,1-3H3;6-7H,3-5H2,1-2H3;5H,4H2,1-3H3;2*5H,4H2,1-3H3;20*1H4. The molecule has 0 saturated carbocycles. The minimum absolute atomic E-state index is 0. The highest BCUT2D eigenvalue weighted by Crippen LogP contribution is 2.12. The summed E-state index contributed by atoms with van der Waals surface area (Å²) >= 11 is 0. The number of benzene rings is 2. The highest BCUT2D eigenvalue weighted by molar-refractivity contribution is 5.21. The quantitative estimate of drug-likeness (QED) is 0.0644. The van der Waals surface area contributed by atoms with Gasteiger partial charge in [0.05, 0.1) is 95.1 Å². The number of para-hydroxylation sites is 2. The molecule has 2 aromatic rings. The molecule has 12 nitrogen and oxygen atoms in total. The van der Waals surface area contributed by atoms with E-state index in [1.165, 1.54) is 32.1 Å². The van der Waals surface area contributed by atoms with Crippen LogP contribution in [0.15, 0.2) is 60.7 Å². The van der Waals surface area contributed by atoms with Gasteiger partial charge in [0.2, 0.25) is 0 Å². The number of aliphatic hydroxyl groups is 1. The molecule has 1 N–H and O–H groups in total. The number of aliphatic hydroxyl groups excluding tert-OH is 1. The van der Waals surface area contributed by atoms with E-state index < -0.39 is 0 Å². The van der Waals surface area contributed by atoms with Crippen LogP contribution in [0.4, 0.5) is 0 Å². The molecule has 0 radical (unpaired) electrons. The summed E-state index contributed by atoms with van der Waals surface area (Å²) < 4.78 is 58.1. The molecule has 0 aromatic heterocycles. The highest BCUT2D eigenvalue weighted by atomic mass is 16.5. The van der Waals surface area contributed by atoms with E-state index in [1.807, 2.05) is 74.5 Å². The lowest BCUT2D eigenvalue weighted by atomic mass is 10.2. The second-order valence-electron chi connectivity index (χ2n) is 22.9. The van der Waals surface area contributed by atoms with Gasteiger partial charge in [-0.15, -0.1) is 0 Å². The van der Waals surface area contributed by atoms with Gasteiger partial charge in [0, 0.05) is 34.0 Å². The van der Waals surface area contributed by atoms with Gasteiger partial charge in [-0.2, -0.15) is 0 Å². The smallest absolute Gasteiger partial charge is 0.119 e. The summed E-state index contributed by atoms with van der Waals surface area (Å²) in [7, 11) is 3.41. The minimum Gasteiger partial charge on any atom is -0.491 e. The fourth-order valence-electron chi connectivity index (χ4n) is 4.65. The van der Waals surface area contributed by atoms with Crippen LogP contribution in [-0.2, 0) is 42.6 Å². The maximum absolute atomic E-state index is 8.29. The second kappa shape index (κ2) is 164. The SMILES string of the molecule is C.C.C.C.C.C.C.C.C.C.C.C.C.C.C.C.C.C.C.C.CCC(C)C.CCC(C)C.CCC(C)OC.CCC(C)OCC(C)C.CCC(C)OCCO.CCC(C)OCCOC.CCC(C)OCCOc1ccccc1.CCC(C)Oc1ccccc1.CCCCCOC(C)CC.CCOCCOC(C)CC. The average Bonchev–Trinajstić information content (AvgIpc) is 0.959. The Morgan fingerprint density at radius 1 is 0.280 bits per heavy atom. The third-order valence-electron chi connectivity index (χ3n) is 13.1. The summed E-state index contributed by atoms with van der Waals surface area (Å²) in [6.07, 6.45) is 18.1. The lowest BCUT2D eigenvalue weighted by molar-refractivity contribution is 0.0142. The average molecular weight is 1570 g/mol. The van der Waals surface area contributed by atoms with Gasteiger partial charge in [-0.3, -0.25) is 0 Å². The maximum atomic E-state index is 8.29. The Hall–Kier alpha value is -2.36. The van der Waals surface area contributed by atoms with Crippen LogP contribution in [-0.4, -0.2) is 141 Å². The van der Waals surface area contributed by atoms with Crippen molar-refractivity contribution in [3.63, 3.8) is 0 Å². The number of ether oxygens (including phenoxy) is 11. The van der Waals surface area contributed by atoms with E-state index in [0.29, 0.717) is 87.8 Å². The Balaban J connectivity index is -0.0000000247. The van der Waals surface area contributed by atoms with Gasteiger partial charge in [0.25, 0.3) is 0 Å². The van der Waals surface area contributed by atoms with Gasteiger partial charge < -0.3 is 57.2 Å². The molecule has 0 aliphatic carbocycles. The molecule has 107 heavy (non-hydrogen) atoms. The summed E-state index contributed by atoms with van der Waals surface area (Å²) in [5, 5.41) is 8.29. The second-order valence-corrected chi connectivity index (χ2v) is 22.9. The van der Waals surface area contributed by atoms with Crippen molar-refractivity contribution < 1.29 is 57.2 Å². The zero-order valence-electron chi connectivity index (χ0n) is 63.0. The first kappa shape index (κ1) is 191. The van der Waals surface area contributed by atoms with E-state index in [0.717, 1.165) is 108 Å². The van der Waals surface area contributed by atoms with E-state index >= 15 is 0 Å². The van der Waals surface area contributed by atoms with Gasteiger partial charge in [0.1, 0.15) is 18.1 Å². The molecule has 0 bridgehead atoms. The molecule has 8 unspecified atom stereocenters. The first-order chi connectivity index (χ1) is 41.4. The lowest BCUT2D eigenvalue weighted by Gasteiger charge is -2.11. The zero-order valence-corrected chi connectivity index (χ0v) is 63.0. The maximum Gasteiger partial charge on any atom is 0.119 e. The Bertz CT molecular complexity index is 1380. The van der Waals surface area contributed by atoms with Crippen molar-refractivity contribution in [2.75, 3.05) is 86.9 Å². The molecule has 8 atom stereocenters. The van der Waals surface area contributed by atoms with Crippen molar-refractivity contribution in [3.05, 3.63) is 60.7 Å². The van der Waals surface area contributed by atoms with Crippen LogP contribution in [0.3, 0.4) is 0 Å². The van der Waals surface area contributed by atoms with Gasteiger partial charge in [-0.25, -0.2) is 0 Å². The Kier molecular flexibility index (Phi) is 293. The number of rotatable bonds is 38. The fourth-order valence-corrected chi connectivity index (χ4v) is 4.65. The van der Waals surface area contributed by atoms with Gasteiger partial charge in [-0.05, 0) is 162 Å². The lowest BCUT2D eigenvalue weighted by Crippen LogP contribution is -2.13. The Morgan fingerprint density at radius 2 is 0.561 bits per heavy atom. The molecule has 12 heteroatoms. The predicted octanol–water partition coefficient (Wildman–Crippen LogP) is 33.5. The van der Waals surface area contributed by atoms with Gasteiger partial charge >= 0.3 is 0 Å². The molecule has 2 aromatic carbocycles. The molecule has 0 fully saturated rings. The number of methoxy groups -OCH3 is 2. The molecule has 0 heterocycles. The molecule has 0 saturated heterocycles. The Labute approximate surface area is 691 Å². The van der Waals surface area contributed by atoms with E-state index in [9.17, 15) is 0 Å². The van der Waals surface area contributed by atoms with Crippen molar-refractivity contribution in [1.29, 1.82) is 0 Å².